The van der Waals surface area contributed by atoms with Crippen molar-refractivity contribution in [1.82, 2.24) is 4.90 Å². The van der Waals surface area contributed by atoms with Gasteiger partial charge in [0.05, 0.1) is 0 Å². The van der Waals surface area contributed by atoms with Crippen LogP contribution in [0.1, 0.15) is 219 Å². The van der Waals surface area contributed by atoms with E-state index in [2.05, 4.69) is 18.7 Å². The summed E-state index contributed by atoms with van der Waals surface area (Å²) in [7, 11) is 0. The summed E-state index contributed by atoms with van der Waals surface area (Å²) in [6.45, 7) is 7.79. The van der Waals surface area contributed by atoms with Crippen molar-refractivity contribution >= 4 is 0 Å². The lowest BCUT2D eigenvalue weighted by Crippen LogP contribution is -2.31. The summed E-state index contributed by atoms with van der Waals surface area (Å²) < 4.78 is 0. The molecule has 0 saturated carbocycles. The van der Waals surface area contributed by atoms with E-state index in [1.54, 1.807) is 0 Å². The van der Waals surface area contributed by atoms with Crippen LogP contribution in [0.2, 0.25) is 0 Å². The smallest absolute Gasteiger partial charge is 0.0455 e. The molecule has 0 fully saturated rings. The van der Waals surface area contributed by atoms with Gasteiger partial charge in [-0.1, -0.05) is 206 Å². The molecule has 0 aliphatic heterocycles. The van der Waals surface area contributed by atoms with E-state index in [-0.39, 0.29) is 0 Å². The molecule has 0 aliphatic rings. The number of nitrogens with zero attached hydrogens (tertiary/aromatic N) is 1. The maximum absolute atomic E-state index is 6.03. The van der Waals surface area contributed by atoms with E-state index in [0.717, 1.165) is 6.67 Å². The van der Waals surface area contributed by atoms with Crippen molar-refractivity contribution in [2.75, 3.05) is 19.8 Å². The number of nitrogens with two attached hydrogens (primary N) is 1. The molecule has 0 aromatic rings. The summed E-state index contributed by atoms with van der Waals surface area (Å²) in [6, 6.07) is 0. The molecule has 236 valence electrons. The molecule has 0 saturated heterocycles. The first-order chi connectivity index (χ1) is 19.3. The average molecular weight is 551 g/mol. The van der Waals surface area contributed by atoms with E-state index in [0.29, 0.717) is 0 Å². The van der Waals surface area contributed by atoms with Crippen LogP contribution in [-0.4, -0.2) is 24.7 Å². The van der Waals surface area contributed by atoms with Crippen molar-refractivity contribution in [1.29, 1.82) is 0 Å². The highest BCUT2D eigenvalue weighted by molar-refractivity contribution is 4.57. The standard InChI is InChI=1S/C37H78N2/c1-3-5-7-9-11-13-15-17-19-21-23-25-27-29-31-33-35-39(37-38)36-34-32-30-28-26-24-22-20-18-16-14-12-10-8-6-4-2/h3-38H2,1-2H3. The van der Waals surface area contributed by atoms with E-state index < -0.39 is 0 Å². The molecule has 2 N–H and O–H groups in total. The molecule has 0 spiro atoms. The Labute approximate surface area is 249 Å². The Balaban J connectivity index is 3.25. The lowest BCUT2D eigenvalue weighted by atomic mass is 10.0. The highest BCUT2D eigenvalue weighted by atomic mass is 15.2. The van der Waals surface area contributed by atoms with Crippen LogP contribution in [0.3, 0.4) is 0 Å². The average Bonchev–Trinajstić information content (AvgIpc) is 2.95. The third kappa shape index (κ3) is 34.0. The van der Waals surface area contributed by atoms with E-state index in [9.17, 15) is 0 Å². The quantitative estimate of drug-likeness (QED) is 0.0628. The molecule has 0 atom stereocenters. The fourth-order valence-corrected chi connectivity index (χ4v) is 6.06. The minimum Gasteiger partial charge on any atom is -0.318 e. The van der Waals surface area contributed by atoms with Crippen molar-refractivity contribution in [2.24, 2.45) is 5.73 Å². The first kappa shape index (κ1) is 38.9. The van der Waals surface area contributed by atoms with E-state index >= 15 is 0 Å². The molecule has 0 heterocycles. The Kier molecular flexibility index (Phi) is 35.9. The maximum atomic E-state index is 6.03. The zero-order chi connectivity index (χ0) is 28.3. The number of hydrogen-bond donors (Lipinski definition) is 1. The molecular weight excluding hydrogens is 472 g/mol. The molecular formula is C37H78N2. The Morgan fingerprint density at radius 2 is 0.462 bits per heavy atom. The number of unbranched alkanes of at least 4 members (excludes halogenated alkanes) is 30. The SMILES string of the molecule is CCCCCCCCCCCCCCCCCCN(CN)CCCCCCCCCCCCCCCCCC. The van der Waals surface area contributed by atoms with E-state index in [4.69, 9.17) is 5.73 Å². The van der Waals surface area contributed by atoms with Crippen LogP contribution < -0.4 is 5.73 Å². The first-order valence-corrected chi connectivity index (χ1v) is 18.8. The van der Waals surface area contributed by atoms with E-state index in [1.807, 2.05) is 0 Å². The summed E-state index contributed by atoms with van der Waals surface area (Å²) in [4.78, 5) is 2.49. The minimum absolute atomic E-state index is 0.748. The van der Waals surface area contributed by atoms with Crippen LogP contribution in [0.5, 0.6) is 0 Å². The highest BCUT2D eigenvalue weighted by Crippen LogP contribution is 2.15. The topological polar surface area (TPSA) is 29.3 Å². The van der Waals surface area contributed by atoms with Crippen molar-refractivity contribution in [3.8, 4) is 0 Å². The Bertz CT molecular complexity index is 374. The van der Waals surface area contributed by atoms with Crippen LogP contribution in [0.15, 0.2) is 0 Å². The molecule has 0 aromatic carbocycles. The molecule has 0 rings (SSSR count). The second-order valence-electron chi connectivity index (χ2n) is 12.9. The van der Waals surface area contributed by atoms with Gasteiger partial charge in [-0.05, 0) is 25.9 Å². The Morgan fingerprint density at radius 1 is 0.282 bits per heavy atom. The van der Waals surface area contributed by atoms with Gasteiger partial charge >= 0.3 is 0 Å². The van der Waals surface area contributed by atoms with Gasteiger partial charge in [0.1, 0.15) is 0 Å². The summed E-state index contributed by atoms with van der Waals surface area (Å²) in [6.07, 6.45) is 46.2. The maximum Gasteiger partial charge on any atom is 0.0455 e. The van der Waals surface area contributed by atoms with Gasteiger partial charge in [0.15, 0.2) is 0 Å². The van der Waals surface area contributed by atoms with Crippen molar-refractivity contribution in [3.63, 3.8) is 0 Å². The van der Waals surface area contributed by atoms with Crippen LogP contribution in [-0.2, 0) is 0 Å². The second kappa shape index (κ2) is 35.9. The van der Waals surface area contributed by atoms with Gasteiger partial charge < -0.3 is 5.73 Å². The highest BCUT2D eigenvalue weighted by Gasteiger charge is 2.02. The molecule has 0 aromatic heterocycles. The monoisotopic (exact) mass is 551 g/mol. The van der Waals surface area contributed by atoms with Gasteiger partial charge in [-0.25, -0.2) is 0 Å². The van der Waals surface area contributed by atoms with Crippen LogP contribution in [0, 0.1) is 0 Å². The van der Waals surface area contributed by atoms with Gasteiger partial charge in [0.2, 0.25) is 0 Å². The lowest BCUT2D eigenvalue weighted by Gasteiger charge is -2.20. The van der Waals surface area contributed by atoms with Gasteiger partial charge in [-0.2, -0.15) is 0 Å². The molecule has 0 bridgehead atoms. The van der Waals surface area contributed by atoms with Crippen molar-refractivity contribution < 1.29 is 0 Å². The van der Waals surface area contributed by atoms with Gasteiger partial charge in [-0.15, -0.1) is 0 Å². The summed E-state index contributed by atoms with van der Waals surface area (Å²) in [5, 5.41) is 0. The predicted octanol–water partition coefficient (Wildman–Crippen LogP) is 12.7. The molecule has 39 heavy (non-hydrogen) atoms. The zero-order valence-electron chi connectivity index (χ0n) is 27.8. The zero-order valence-corrected chi connectivity index (χ0v) is 27.8. The number of rotatable bonds is 35. The van der Waals surface area contributed by atoms with Gasteiger partial charge in [0, 0.05) is 6.67 Å². The summed E-state index contributed by atoms with van der Waals surface area (Å²) in [5.41, 5.74) is 6.03. The Hall–Kier alpha value is -0.0800. The molecule has 2 nitrogen and oxygen atoms in total. The second-order valence-corrected chi connectivity index (χ2v) is 12.9. The molecule has 0 unspecified atom stereocenters. The lowest BCUT2D eigenvalue weighted by molar-refractivity contribution is 0.267. The minimum atomic E-state index is 0.748. The van der Waals surface area contributed by atoms with Crippen LogP contribution in [0.25, 0.3) is 0 Å². The fourth-order valence-electron chi connectivity index (χ4n) is 6.06. The molecule has 2 heteroatoms. The first-order valence-electron chi connectivity index (χ1n) is 18.8. The van der Waals surface area contributed by atoms with Crippen molar-refractivity contribution in [2.45, 2.75) is 219 Å². The normalized spacial score (nSPS) is 11.7. The van der Waals surface area contributed by atoms with Gasteiger partial charge in [0.25, 0.3) is 0 Å². The molecule has 0 amide bonds. The van der Waals surface area contributed by atoms with Crippen molar-refractivity contribution in [3.05, 3.63) is 0 Å². The number of hydrogen-bond acceptors (Lipinski definition) is 2. The third-order valence-electron chi connectivity index (χ3n) is 8.91. The van der Waals surface area contributed by atoms with Gasteiger partial charge in [-0.3, -0.25) is 4.90 Å². The molecule has 0 aliphatic carbocycles. The fraction of sp³-hybridized carbons (Fsp3) is 1.00. The summed E-state index contributed by atoms with van der Waals surface area (Å²) >= 11 is 0. The van der Waals surface area contributed by atoms with Crippen LogP contribution >= 0.6 is 0 Å². The Morgan fingerprint density at radius 3 is 0.641 bits per heavy atom. The molecule has 0 radical (unpaired) electrons. The van der Waals surface area contributed by atoms with E-state index in [1.165, 1.54) is 219 Å². The summed E-state index contributed by atoms with van der Waals surface area (Å²) in [5.74, 6) is 0. The third-order valence-corrected chi connectivity index (χ3v) is 8.91. The van der Waals surface area contributed by atoms with Crippen LogP contribution in [0.4, 0.5) is 0 Å². The largest absolute Gasteiger partial charge is 0.318 e. The predicted molar refractivity (Wildman–Crippen MR) is 180 cm³/mol.